The van der Waals surface area contributed by atoms with E-state index in [9.17, 15) is 9.59 Å². The zero-order valence-corrected chi connectivity index (χ0v) is 18.1. The predicted octanol–water partition coefficient (Wildman–Crippen LogP) is 4.83. The van der Waals surface area contributed by atoms with Crippen molar-refractivity contribution in [2.75, 3.05) is 13.7 Å². The summed E-state index contributed by atoms with van der Waals surface area (Å²) in [4.78, 5) is 30.9. The Hall–Kier alpha value is -3.21. The van der Waals surface area contributed by atoms with Gasteiger partial charge in [0.05, 0.1) is 25.2 Å². The second-order valence-electron chi connectivity index (χ2n) is 8.03. The molecule has 5 nitrogen and oxygen atoms in total. The molecule has 0 aromatic heterocycles. The van der Waals surface area contributed by atoms with E-state index in [0.29, 0.717) is 30.7 Å². The number of methoxy groups -OCH3 is 1. The van der Waals surface area contributed by atoms with E-state index in [1.54, 1.807) is 0 Å². The minimum Gasteiger partial charge on any atom is -0.494 e. The van der Waals surface area contributed by atoms with E-state index in [1.807, 2.05) is 56.3 Å². The molecule has 4 rings (SSSR count). The van der Waals surface area contributed by atoms with Crippen LogP contribution < -0.4 is 4.74 Å². The molecule has 0 saturated heterocycles. The molecule has 1 saturated carbocycles. The fraction of sp³-hybridized carbons (Fsp3) is 0.346. The van der Waals surface area contributed by atoms with Gasteiger partial charge in [-0.2, -0.15) is 0 Å². The highest BCUT2D eigenvalue weighted by atomic mass is 16.5. The summed E-state index contributed by atoms with van der Waals surface area (Å²) >= 11 is 0. The third kappa shape index (κ3) is 4.05. The molecule has 31 heavy (non-hydrogen) atoms. The Kier molecular flexibility index (Phi) is 6.03. The van der Waals surface area contributed by atoms with Crippen LogP contribution in [0.3, 0.4) is 0 Å². The quantitative estimate of drug-likeness (QED) is 0.654. The lowest BCUT2D eigenvalue weighted by molar-refractivity contribution is -0.136. The van der Waals surface area contributed by atoms with Crippen molar-refractivity contribution < 1.29 is 19.1 Å². The molecule has 1 fully saturated rings. The molecule has 2 aliphatic rings. The second kappa shape index (κ2) is 8.88. The van der Waals surface area contributed by atoms with Crippen molar-refractivity contribution in [1.82, 2.24) is 0 Å². The van der Waals surface area contributed by atoms with Crippen LogP contribution in [0.2, 0.25) is 0 Å². The second-order valence-corrected chi connectivity index (χ2v) is 8.03. The third-order valence-electron chi connectivity index (χ3n) is 6.18. The molecule has 2 aromatic rings. The number of hydrogen-bond donors (Lipinski definition) is 0. The first kappa shape index (κ1) is 21.0. The number of Topliss-reactive ketones (excluding diaryl/α,β-unsaturated/α-hetero) is 1. The van der Waals surface area contributed by atoms with E-state index < -0.39 is 17.8 Å². The molecule has 2 aromatic carbocycles. The molecule has 3 atom stereocenters. The average Bonchev–Trinajstić information content (AvgIpc) is 2.79. The van der Waals surface area contributed by atoms with E-state index in [0.717, 1.165) is 22.6 Å². The highest BCUT2D eigenvalue weighted by Crippen LogP contribution is 2.46. The van der Waals surface area contributed by atoms with Gasteiger partial charge in [0.1, 0.15) is 11.5 Å². The summed E-state index contributed by atoms with van der Waals surface area (Å²) in [5.41, 5.74) is 3.99. The number of ketones is 1. The van der Waals surface area contributed by atoms with Gasteiger partial charge >= 0.3 is 5.97 Å². The minimum absolute atomic E-state index is 0.108. The first-order chi connectivity index (χ1) is 15.0. The van der Waals surface area contributed by atoms with Gasteiger partial charge in [-0.15, -0.1) is 0 Å². The maximum atomic E-state index is 13.4. The standard InChI is InChI=1S/C26H27NO4/c1-4-31-20-12-10-18(11-13-20)24-23(26(29)30-3)16(2)27-21-14-19(15-22(28)25(21)24)17-8-6-5-7-9-17/h5-13,19,24-25H,4,14-15H2,1-3H3/t19-,24+,25?/m1/s1. The van der Waals surface area contributed by atoms with Crippen LogP contribution in [-0.2, 0) is 14.3 Å². The number of hydrogen-bond acceptors (Lipinski definition) is 5. The highest BCUT2D eigenvalue weighted by molar-refractivity contribution is 6.12. The van der Waals surface area contributed by atoms with Gasteiger partial charge in [0.15, 0.2) is 0 Å². The van der Waals surface area contributed by atoms with Crippen molar-refractivity contribution in [1.29, 1.82) is 0 Å². The molecule has 0 N–H and O–H groups in total. The number of carbonyl (C=O) groups excluding carboxylic acids is 2. The SMILES string of the molecule is CCOc1ccc([C@H]2C(C(=O)OC)=C(C)N=C3C[C@@H](c4ccccc4)CC(=O)C32)cc1. The number of carbonyl (C=O) groups is 2. The fourth-order valence-corrected chi connectivity index (χ4v) is 4.81. The maximum absolute atomic E-state index is 13.4. The molecule has 1 aliphatic carbocycles. The van der Waals surface area contributed by atoms with E-state index in [4.69, 9.17) is 14.5 Å². The van der Waals surface area contributed by atoms with E-state index in [1.165, 1.54) is 7.11 Å². The first-order valence-corrected chi connectivity index (χ1v) is 10.7. The van der Waals surface area contributed by atoms with E-state index in [2.05, 4.69) is 12.1 Å². The van der Waals surface area contributed by atoms with Gasteiger partial charge in [-0.05, 0) is 49.4 Å². The smallest absolute Gasteiger partial charge is 0.336 e. The highest BCUT2D eigenvalue weighted by Gasteiger charge is 2.45. The minimum atomic E-state index is -0.448. The molecule has 1 heterocycles. The fourth-order valence-electron chi connectivity index (χ4n) is 4.81. The summed E-state index contributed by atoms with van der Waals surface area (Å²) in [6.07, 6.45) is 1.15. The van der Waals surface area contributed by atoms with Crippen LogP contribution in [0.25, 0.3) is 0 Å². The molecular weight excluding hydrogens is 390 g/mol. The summed E-state index contributed by atoms with van der Waals surface area (Å²) in [6.45, 7) is 4.34. The Morgan fingerprint density at radius 3 is 2.35 bits per heavy atom. The molecule has 160 valence electrons. The van der Waals surface area contributed by atoms with Crippen molar-refractivity contribution >= 4 is 17.5 Å². The number of fused-ring (bicyclic) bond motifs is 1. The van der Waals surface area contributed by atoms with Gasteiger partial charge < -0.3 is 9.47 Å². The van der Waals surface area contributed by atoms with Crippen LogP contribution in [0.5, 0.6) is 5.75 Å². The lowest BCUT2D eigenvalue weighted by Gasteiger charge is -2.38. The van der Waals surface area contributed by atoms with Crippen molar-refractivity contribution in [2.24, 2.45) is 10.9 Å². The van der Waals surface area contributed by atoms with Crippen molar-refractivity contribution in [3.05, 3.63) is 77.0 Å². The molecular formula is C26H27NO4. The van der Waals surface area contributed by atoms with E-state index in [-0.39, 0.29) is 11.7 Å². The number of ether oxygens (including phenoxy) is 2. The van der Waals surface area contributed by atoms with Gasteiger partial charge in [0.2, 0.25) is 0 Å². The largest absolute Gasteiger partial charge is 0.494 e. The number of aliphatic imine (C=N–C) groups is 1. The van der Waals surface area contributed by atoms with Gasteiger partial charge in [-0.25, -0.2) is 4.79 Å². The van der Waals surface area contributed by atoms with Crippen molar-refractivity contribution in [3.63, 3.8) is 0 Å². The zero-order valence-electron chi connectivity index (χ0n) is 18.1. The topological polar surface area (TPSA) is 65.0 Å². The van der Waals surface area contributed by atoms with Crippen LogP contribution in [0.15, 0.2) is 70.9 Å². The summed E-state index contributed by atoms with van der Waals surface area (Å²) < 4.78 is 10.6. The number of nitrogens with zero attached hydrogens (tertiary/aromatic N) is 1. The van der Waals surface area contributed by atoms with Crippen molar-refractivity contribution in [3.8, 4) is 5.75 Å². The Morgan fingerprint density at radius 1 is 1.00 bits per heavy atom. The molecule has 0 radical (unpaired) electrons. The summed E-state index contributed by atoms with van der Waals surface area (Å²) in [5, 5.41) is 0. The van der Waals surface area contributed by atoms with Crippen LogP contribution in [0.4, 0.5) is 0 Å². The third-order valence-corrected chi connectivity index (χ3v) is 6.18. The van der Waals surface area contributed by atoms with Gasteiger partial charge in [-0.3, -0.25) is 9.79 Å². The Morgan fingerprint density at radius 2 is 1.71 bits per heavy atom. The summed E-state index contributed by atoms with van der Waals surface area (Å²) in [7, 11) is 1.37. The molecule has 0 amide bonds. The number of benzene rings is 2. The predicted molar refractivity (Wildman–Crippen MR) is 119 cm³/mol. The van der Waals surface area contributed by atoms with Crippen molar-refractivity contribution in [2.45, 2.75) is 38.5 Å². The number of rotatable bonds is 5. The normalized spacial score (nSPS) is 23.1. The average molecular weight is 418 g/mol. The molecule has 1 unspecified atom stereocenters. The lowest BCUT2D eigenvalue weighted by atomic mass is 9.66. The molecule has 5 heteroatoms. The summed E-state index contributed by atoms with van der Waals surface area (Å²) in [6, 6.07) is 17.7. The van der Waals surface area contributed by atoms with Crippen LogP contribution >= 0.6 is 0 Å². The number of esters is 1. The Labute approximate surface area is 182 Å². The monoisotopic (exact) mass is 417 g/mol. The Bertz CT molecular complexity index is 1040. The Balaban J connectivity index is 1.76. The summed E-state index contributed by atoms with van der Waals surface area (Å²) in [5.74, 6) is -0.299. The van der Waals surface area contributed by atoms with Crippen LogP contribution in [0, 0.1) is 5.92 Å². The zero-order chi connectivity index (χ0) is 22.0. The molecule has 1 aliphatic heterocycles. The van der Waals surface area contributed by atoms with Gasteiger partial charge in [0, 0.05) is 23.7 Å². The molecule has 0 bridgehead atoms. The van der Waals surface area contributed by atoms with Gasteiger partial charge in [0.25, 0.3) is 0 Å². The maximum Gasteiger partial charge on any atom is 0.336 e. The van der Waals surface area contributed by atoms with E-state index >= 15 is 0 Å². The number of allylic oxidation sites excluding steroid dienone is 1. The van der Waals surface area contributed by atoms with Gasteiger partial charge in [-0.1, -0.05) is 42.5 Å². The lowest BCUT2D eigenvalue weighted by Crippen LogP contribution is -2.41. The van der Waals surface area contributed by atoms with Crippen LogP contribution in [0.1, 0.15) is 49.7 Å². The van der Waals surface area contributed by atoms with Crippen LogP contribution in [-0.4, -0.2) is 31.2 Å². The molecule has 0 spiro atoms. The first-order valence-electron chi connectivity index (χ1n) is 10.7.